The Kier molecular flexibility index (Phi) is 9.99. The van der Waals surface area contributed by atoms with Crippen molar-refractivity contribution in [2.24, 2.45) is 0 Å². The van der Waals surface area contributed by atoms with Gasteiger partial charge in [-0.15, -0.1) is 0 Å². The van der Waals surface area contributed by atoms with Gasteiger partial charge in [-0.25, -0.2) is 4.98 Å². The third-order valence-electron chi connectivity index (χ3n) is 5.95. The molecule has 0 aliphatic rings. The Bertz CT molecular complexity index is 839. The highest BCUT2D eigenvalue weighted by atomic mass is 16.3. The minimum Gasteiger partial charge on any atom is -0.441 e. The molecule has 0 radical (unpaired) electrons. The van der Waals surface area contributed by atoms with Crippen LogP contribution >= 0.6 is 0 Å². The van der Waals surface area contributed by atoms with Crippen molar-refractivity contribution in [3.05, 3.63) is 54.4 Å². The maximum absolute atomic E-state index is 5.98. The molecule has 0 saturated carbocycles. The van der Waals surface area contributed by atoms with Crippen LogP contribution in [0.2, 0.25) is 0 Å². The molecule has 0 fully saturated rings. The maximum Gasteiger partial charge on any atom is 0.195 e. The van der Waals surface area contributed by atoms with Gasteiger partial charge in [-0.2, -0.15) is 0 Å². The van der Waals surface area contributed by atoms with E-state index in [2.05, 4.69) is 55.5 Å². The first-order valence-electron chi connectivity index (χ1n) is 12.3. The van der Waals surface area contributed by atoms with E-state index in [4.69, 9.17) is 9.40 Å². The highest BCUT2D eigenvalue weighted by Crippen LogP contribution is 2.24. The lowest BCUT2D eigenvalue weighted by Gasteiger charge is -1.99. The average molecular weight is 406 g/mol. The second-order valence-electron chi connectivity index (χ2n) is 8.61. The van der Waals surface area contributed by atoms with Crippen molar-refractivity contribution in [3.63, 3.8) is 0 Å². The zero-order chi connectivity index (χ0) is 20.9. The number of fused-ring (bicyclic) bond motifs is 2. The molecular weight excluding hydrogens is 366 g/mol. The van der Waals surface area contributed by atoms with Gasteiger partial charge >= 0.3 is 0 Å². The van der Waals surface area contributed by atoms with Gasteiger partial charge in [0, 0.05) is 6.42 Å². The van der Waals surface area contributed by atoms with Crippen molar-refractivity contribution in [1.82, 2.24) is 4.98 Å². The smallest absolute Gasteiger partial charge is 0.195 e. The van der Waals surface area contributed by atoms with Crippen molar-refractivity contribution in [2.45, 2.75) is 96.8 Å². The molecule has 2 aromatic carbocycles. The summed E-state index contributed by atoms with van der Waals surface area (Å²) in [5.74, 6) is 0.887. The molecule has 1 heterocycles. The van der Waals surface area contributed by atoms with E-state index in [1.807, 2.05) is 0 Å². The van der Waals surface area contributed by atoms with Crippen molar-refractivity contribution >= 4 is 21.9 Å². The molecule has 0 saturated heterocycles. The molecule has 0 aliphatic carbocycles. The Morgan fingerprint density at radius 2 is 1.33 bits per heavy atom. The molecule has 3 rings (SSSR count). The van der Waals surface area contributed by atoms with Crippen LogP contribution in [0.3, 0.4) is 0 Å². The lowest BCUT2D eigenvalue weighted by molar-refractivity contribution is 0.506. The molecule has 0 spiro atoms. The molecule has 0 atom stereocenters. The van der Waals surface area contributed by atoms with Crippen LogP contribution in [0.5, 0.6) is 0 Å². The van der Waals surface area contributed by atoms with E-state index in [0.717, 1.165) is 23.4 Å². The topological polar surface area (TPSA) is 26.0 Å². The molecule has 162 valence electrons. The summed E-state index contributed by atoms with van der Waals surface area (Å²) in [6.45, 7) is 2.28. The van der Waals surface area contributed by atoms with Gasteiger partial charge in [-0.1, -0.05) is 94.7 Å². The lowest BCUT2D eigenvalue weighted by Crippen LogP contribution is -1.86. The van der Waals surface area contributed by atoms with E-state index in [0.29, 0.717) is 0 Å². The minimum absolute atomic E-state index is 0.887. The SMILES string of the molecule is CCCCCCCC/C=C\CCCCCCCc1nc2cc3ccccc3cc2o1. The summed E-state index contributed by atoms with van der Waals surface area (Å²) in [5.41, 5.74) is 1.90. The van der Waals surface area contributed by atoms with Crippen LogP contribution in [-0.4, -0.2) is 4.98 Å². The number of aromatic nitrogens is 1. The summed E-state index contributed by atoms with van der Waals surface area (Å²) in [5, 5.41) is 2.44. The first-order chi connectivity index (χ1) is 14.9. The van der Waals surface area contributed by atoms with E-state index in [9.17, 15) is 0 Å². The minimum atomic E-state index is 0.887. The fourth-order valence-electron chi connectivity index (χ4n) is 4.11. The van der Waals surface area contributed by atoms with Gasteiger partial charge in [-0.3, -0.25) is 0 Å². The molecule has 1 aromatic heterocycles. The van der Waals surface area contributed by atoms with E-state index < -0.39 is 0 Å². The molecule has 0 bridgehead atoms. The van der Waals surface area contributed by atoms with Crippen LogP contribution in [0, 0.1) is 0 Å². The predicted molar refractivity (Wildman–Crippen MR) is 130 cm³/mol. The molecule has 0 unspecified atom stereocenters. The summed E-state index contributed by atoms with van der Waals surface area (Å²) in [6, 6.07) is 12.6. The van der Waals surface area contributed by atoms with Crippen LogP contribution in [0.15, 0.2) is 53.0 Å². The highest BCUT2D eigenvalue weighted by Gasteiger charge is 2.07. The highest BCUT2D eigenvalue weighted by molar-refractivity contribution is 5.94. The van der Waals surface area contributed by atoms with Gasteiger partial charge in [-0.05, 0) is 55.0 Å². The van der Waals surface area contributed by atoms with Gasteiger partial charge in [0.25, 0.3) is 0 Å². The van der Waals surface area contributed by atoms with Crippen LogP contribution < -0.4 is 0 Å². The summed E-state index contributed by atoms with van der Waals surface area (Å²) >= 11 is 0. The third kappa shape index (κ3) is 7.63. The average Bonchev–Trinajstić information content (AvgIpc) is 3.16. The first-order valence-corrected chi connectivity index (χ1v) is 12.3. The van der Waals surface area contributed by atoms with Crippen LogP contribution in [0.4, 0.5) is 0 Å². The Labute approximate surface area is 182 Å². The standard InChI is InChI=1S/C28H39NO/c1-2-3-4-5-6-7-8-9-10-11-12-13-14-15-16-21-28-29-26-22-24-19-17-18-20-25(24)23-27(26)30-28/h9-10,17-20,22-23H,2-8,11-16,21H2,1H3/b10-9-. The van der Waals surface area contributed by atoms with Gasteiger partial charge in [0.05, 0.1) is 0 Å². The quantitative estimate of drug-likeness (QED) is 0.186. The lowest BCUT2D eigenvalue weighted by atomic mass is 10.1. The molecule has 30 heavy (non-hydrogen) atoms. The number of allylic oxidation sites excluding steroid dienone is 2. The second-order valence-corrected chi connectivity index (χ2v) is 8.61. The summed E-state index contributed by atoms with van der Waals surface area (Å²) in [7, 11) is 0. The fraction of sp³-hybridized carbons (Fsp3) is 0.536. The number of nitrogens with zero attached hydrogens (tertiary/aromatic N) is 1. The van der Waals surface area contributed by atoms with Gasteiger partial charge < -0.3 is 4.42 Å². The summed E-state index contributed by atoms with van der Waals surface area (Å²) < 4.78 is 5.98. The van der Waals surface area contributed by atoms with Crippen LogP contribution in [0.25, 0.3) is 21.9 Å². The number of unbranched alkanes of at least 4 members (excludes halogenated alkanes) is 11. The first kappa shape index (κ1) is 22.6. The van der Waals surface area contributed by atoms with Crippen molar-refractivity contribution in [2.75, 3.05) is 0 Å². The fourth-order valence-corrected chi connectivity index (χ4v) is 4.11. The normalized spacial score (nSPS) is 11.9. The van der Waals surface area contributed by atoms with Gasteiger partial charge in [0.15, 0.2) is 11.5 Å². The predicted octanol–water partition coefficient (Wildman–Crippen LogP) is 9.17. The van der Waals surface area contributed by atoms with Gasteiger partial charge in [0.1, 0.15) is 5.52 Å². The van der Waals surface area contributed by atoms with Gasteiger partial charge in [0.2, 0.25) is 0 Å². The summed E-state index contributed by atoms with van der Waals surface area (Å²) in [4.78, 5) is 4.69. The van der Waals surface area contributed by atoms with E-state index in [-0.39, 0.29) is 0 Å². The summed E-state index contributed by atoms with van der Waals surface area (Å²) in [6.07, 6.45) is 23.0. The third-order valence-corrected chi connectivity index (χ3v) is 5.95. The molecular formula is C28H39NO. The van der Waals surface area contributed by atoms with Crippen molar-refractivity contribution in [1.29, 1.82) is 0 Å². The van der Waals surface area contributed by atoms with E-state index in [1.54, 1.807) is 0 Å². The molecule has 2 heteroatoms. The Morgan fingerprint density at radius 1 is 0.733 bits per heavy atom. The number of hydrogen-bond donors (Lipinski definition) is 0. The molecule has 0 N–H and O–H groups in total. The Balaban J connectivity index is 1.22. The monoisotopic (exact) mass is 405 g/mol. The number of benzene rings is 2. The van der Waals surface area contributed by atoms with Crippen molar-refractivity contribution < 1.29 is 4.42 Å². The zero-order valence-corrected chi connectivity index (χ0v) is 18.9. The van der Waals surface area contributed by atoms with Crippen molar-refractivity contribution in [3.8, 4) is 0 Å². The van der Waals surface area contributed by atoms with Crippen LogP contribution in [0.1, 0.15) is 96.3 Å². The van der Waals surface area contributed by atoms with E-state index >= 15 is 0 Å². The van der Waals surface area contributed by atoms with Crippen LogP contribution in [-0.2, 0) is 6.42 Å². The molecule has 0 amide bonds. The number of oxazole rings is 1. The number of hydrogen-bond acceptors (Lipinski definition) is 2. The second kappa shape index (κ2) is 13.3. The molecule has 3 aromatic rings. The molecule has 2 nitrogen and oxygen atoms in total. The largest absolute Gasteiger partial charge is 0.441 e. The Hall–Kier alpha value is -2.09. The zero-order valence-electron chi connectivity index (χ0n) is 18.9. The molecule has 0 aliphatic heterocycles. The Morgan fingerprint density at radius 3 is 2.03 bits per heavy atom. The number of rotatable bonds is 15. The number of aryl methyl sites for hydroxylation is 1. The maximum atomic E-state index is 5.98. The van der Waals surface area contributed by atoms with E-state index in [1.165, 1.54) is 94.2 Å².